The van der Waals surface area contributed by atoms with Crippen LogP contribution in [-0.4, -0.2) is 9.97 Å². The van der Waals surface area contributed by atoms with E-state index in [1.54, 1.807) is 0 Å². The van der Waals surface area contributed by atoms with Gasteiger partial charge in [-0.05, 0) is 115 Å². The maximum absolute atomic E-state index is 5.21. The average molecular weight is 739 g/mol. The predicted octanol–water partition coefficient (Wildman–Crippen LogP) is 14.7. The molecule has 0 saturated heterocycles. The molecule has 0 N–H and O–H groups in total. The van der Waals surface area contributed by atoms with Crippen molar-refractivity contribution in [2.75, 3.05) is 0 Å². The fraction of sp³-hybridized carbons (Fsp3) is 0.0357. The highest BCUT2D eigenvalue weighted by Crippen LogP contribution is 2.46. The molecule has 0 unspecified atom stereocenters. The molecule has 0 radical (unpaired) electrons. The molecule has 0 atom stereocenters. The number of benzene rings is 9. The zero-order valence-corrected chi connectivity index (χ0v) is 32.2. The second kappa shape index (κ2) is 14.0. The van der Waals surface area contributed by atoms with Crippen LogP contribution in [0.2, 0.25) is 0 Å². The van der Waals surface area contributed by atoms with Gasteiger partial charge < -0.3 is 0 Å². The fourth-order valence-electron chi connectivity index (χ4n) is 8.95. The van der Waals surface area contributed by atoms with Crippen molar-refractivity contribution < 1.29 is 0 Å². The molecule has 2 heteroatoms. The molecule has 58 heavy (non-hydrogen) atoms. The maximum atomic E-state index is 5.21. The summed E-state index contributed by atoms with van der Waals surface area (Å²) in [7, 11) is 0. The standard InChI is InChI=1S/C56H38N2/c1-36-54(38-15-4-2-5-16-38)57-56(39-17-6-3-7-18-39)58-55(36)46-23-13-21-42(32-46)41-20-12-22-45(31-41)51-35-53-48-29-28-44(43-27-26-37-14-8-9-19-40(37)30-43)33-47(48)34-52(53)50-25-11-10-24-49(50)51/h2-33,35H,34H2,1H3. The number of fused-ring (bicyclic) bond motifs is 6. The predicted molar refractivity (Wildman–Crippen MR) is 243 cm³/mol. The lowest BCUT2D eigenvalue weighted by Crippen LogP contribution is -2.00. The van der Waals surface area contributed by atoms with Gasteiger partial charge in [0.05, 0.1) is 11.4 Å². The van der Waals surface area contributed by atoms with Crippen molar-refractivity contribution >= 4 is 21.5 Å². The van der Waals surface area contributed by atoms with Crippen LogP contribution in [0.1, 0.15) is 16.7 Å². The van der Waals surface area contributed by atoms with E-state index in [2.05, 4.69) is 183 Å². The number of aromatic nitrogens is 2. The highest BCUT2D eigenvalue weighted by molar-refractivity contribution is 6.05. The summed E-state index contributed by atoms with van der Waals surface area (Å²) >= 11 is 0. The van der Waals surface area contributed by atoms with E-state index < -0.39 is 0 Å². The van der Waals surface area contributed by atoms with Crippen LogP contribution < -0.4 is 0 Å². The third kappa shape index (κ3) is 5.90. The Morgan fingerprint density at radius 1 is 0.345 bits per heavy atom. The molecule has 272 valence electrons. The largest absolute Gasteiger partial charge is 0.228 e. The minimum Gasteiger partial charge on any atom is -0.228 e. The van der Waals surface area contributed by atoms with Gasteiger partial charge in [-0.15, -0.1) is 0 Å². The SMILES string of the molecule is Cc1c(-c2ccccc2)nc(-c2ccccc2)nc1-c1cccc(-c2cccc(-c3cc4c(c5ccccc35)Cc3cc(-c5ccc6ccccc6c5)ccc3-4)c2)c1. The second-order valence-electron chi connectivity index (χ2n) is 15.4. The molecular formula is C56H38N2. The Morgan fingerprint density at radius 2 is 0.897 bits per heavy atom. The van der Waals surface area contributed by atoms with E-state index in [0.717, 1.165) is 51.5 Å². The first-order valence-corrected chi connectivity index (χ1v) is 20.0. The van der Waals surface area contributed by atoms with E-state index >= 15 is 0 Å². The summed E-state index contributed by atoms with van der Waals surface area (Å²) in [4.78, 5) is 10.3. The highest BCUT2D eigenvalue weighted by atomic mass is 14.9. The first-order valence-electron chi connectivity index (χ1n) is 20.0. The molecule has 11 rings (SSSR count). The van der Waals surface area contributed by atoms with E-state index in [1.807, 2.05) is 24.3 Å². The van der Waals surface area contributed by atoms with Crippen LogP contribution in [0.5, 0.6) is 0 Å². The van der Waals surface area contributed by atoms with E-state index in [4.69, 9.17) is 9.97 Å². The van der Waals surface area contributed by atoms with Crippen LogP contribution in [0.3, 0.4) is 0 Å². The average Bonchev–Trinajstić information content (AvgIpc) is 3.67. The minimum atomic E-state index is 0.724. The van der Waals surface area contributed by atoms with Crippen LogP contribution in [0.4, 0.5) is 0 Å². The van der Waals surface area contributed by atoms with Crippen molar-refractivity contribution in [3.63, 3.8) is 0 Å². The molecule has 9 aromatic carbocycles. The smallest absolute Gasteiger partial charge is 0.160 e. The number of rotatable bonds is 6. The first-order chi connectivity index (χ1) is 28.6. The van der Waals surface area contributed by atoms with Gasteiger partial charge in [-0.25, -0.2) is 9.97 Å². The Labute approximate surface area is 338 Å². The molecular weight excluding hydrogens is 701 g/mol. The lowest BCUT2D eigenvalue weighted by molar-refractivity contribution is 1.15. The van der Waals surface area contributed by atoms with Crippen LogP contribution in [0.25, 0.3) is 100.0 Å². The van der Waals surface area contributed by atoms with Crippen molar-refractivity contribution in [1.82, 2.24) is 9.97 Å². The zero-order valence-electron chi connectivity index (χ0n) is 32.2. The molecule has 10 aromatic rings. The van der Waals surface area contributed by atoms with E-state index in [0.29, 0.717) is 0 Å². The molecule has 1 aliphatic carbocycles. The van der Waals surface area contributed by atoms with Crippen LogP contribution in [-0.2, 0) is 6.42 Å². The molecule has 0 bridgehead atoms. The number of hydrogen-bond donors (Lipinski definition) is 0. The van der Waals surface area contributed by atoms with Gasteiger partial charge in [0.15, 0.2) is 5.82 Å². The Morgan fingerprint density at radius 3 is 1.67 bits per heavy atom. The molecule has 1 aromatic heterocycles. The first kappa shape index (κ1) is 33.9. The summed E-state index contributed by atoms with van der Waals surface area (Å²) in [6.45, 7) is 2.14. The summed E-state index contributed by atoms with van der Waals surface area (Å²) in [6, 6.07) is 72.4. The van der Waals surface area contributed by atoms with Crippen molar-refractivity contribution in [3.8, 4) is 78.4 Å². The molecule has 0 aliphatic heterocycles. The third-order valence-electron chi connectivity index (χ3n) is 11.9. The Balaban J connectivity index is 0.990. The van der Waals surface area contributed by atoms with Crippen molar-refractivity contribution in [2.45, 2.75) is 13.3 Å². The molecule has 1 heterocycles. The van der Waals surface area contributed by atoms with Crippen LogP contribution in [0, 0.1) is 6.92 Å². The lowest BCUT2D eigenvalue weighted by atomic mass is 9.90. The van der Waals surface area contributed by atoms with E-state index in [1.165, 1.54) is 71.6 Å². The van der Waals surface area contributed by atoms with Gasteiger partial charge in [0.25, 0.3) is 0 Å². The fourth-order valence-corrected chi connectivity index (χ4v) is 8.95. The lowest BCUT2D eigenvalue weighted by Gasteiger charge is -2.15. The molecule has 0 spiro atoms. The zero-order chi connectivity index (χ0) is 38.6. The summed E-state index contributed by atoms with van der Waals surface area (Å²) in [5.74, 6) is 0.724. The highest BCUT2D eigenvalue weighted by Gasteiger charge is 2.24. The third-order valence-corrected chi connectivity index (χ3v) is 11.9. The van der Waals surface area contributed by atoms with Gasteiger partial charge in [0, 0.05) is 22.3 Å². The second-order valence-corrected chi connectivity index (χ2v) is 15.4. The van der Waals surface area contributed by atoms with E-state index in [9.17, 15) is 0 Å². The number of hydrogen-bond acceptors (Lipinski definition) is 2. The molecule has 0 saturated carbocycles. The van der Waals surface area contributed by atoms with Gasteiger partial charge in [-0.3, -0.25) is 0 Å². The summed E-state index contributed by atoms with van der Waals surface area (Å²) < 4.78 is 0. The summed E-state index contributed by atoms with van der Waals surface area (Å²) in [5, 5.41) is 5.15. The van der Waals surface area contributed by atoms with Gasteiger partial charge in [-0.2, -0.15) is 0 Å². The van der Waals surface area contributed by atoms with Crippen LogP contribution >= 0.6 is 0 Å². The monoisotopic (exact) mass is 738 g/mol. The molecule has 0 amide bonds. The van der Waals surface area contributed by atoms with Gasteiger partial charge in [0.2, 0.25) is 0 Å². The number of nitrogens with zero attached hydrogens (tertiary/aromatic N) is 2. The Hall–Kier alpha value is -7.42. The topological polar surface area (TPSA) is 25.8 Å². The van der Waals surface area contributed by atoms with Crippen LogP contribution in [0.15, 0.2) is 200 Å². The molecule has 1 aliphatic rings. The minimum absolute atomic E-state index is 0.724. The van der Waals surface area contributed by atoms with Gasteiger partial charge in [0.1, 0.15) is 0 Å². The van der Waals surface area contributed by atoms with E-state index in [-0.39, 0.29) is 0 Å². The summed E-state index contributed by atoms with van der Waals surface area (Å²) in [5.41, 5.74) is 18.9. The Kier molecular flexibility index (Phi) is 8.15. The van der Waals surface area contributed by atoms with Crippen molar-refractivity contribution in [2.24, 2.45) is 0 Å². The maximum Gasteiger partial charge on any atom is 0.160 e. The molecule has 2 nitrogen and oxygen atoms in total. The Bertz CT molecular complexity index is 3200. The normalized spacial score (nSPS) is 11.8. The van der Waals surface area contributed by atoms with Crippen molar-refractivity contribution in [3.05, 3.63) is 217 Å². The molecule has 0 fully saturated rings. The van der Waals surface area contributed by atoms with Gasteiger partial charge >= 0.3 is 0 Å². The quantitative estimate of drug-likeness (QED) is 0.170. The van der Waals surface area contributed by atoms with Gasteiger partial charge in [-0.1, -0.05) is 176 Å². The summed E-state index contributed by atoms with van der Waals surface area (Å²) in [6.07, 6.45) is 0.931. The van der Waals surface area contributed by atoms with Crippen molar-refractivity contribution in [1.29, 1.82) is 0 Å².